The first-order valence-corrected chi connectivity index (χ1v) is 20.0. The van der Waals surface area contributed by atoms with Crippen LogP contribution in [0.4, 0.5) is 0 Å². The molecule has 9 aromatic carbocycles. The molecular weight excluding hydrogens is 721 g/mol. The summed E-state index contributed by atoms with van der Waals surface area (Å²) in [6.45, 7) is 0. The van der Waals surface area contributed by atoms with E-state index < -0.39 is 0 Å². The van der Waals surface area contributed by atoms with Gasteiger partial charge in [0.2, 0.25) is 5.95 Å². The van der Waals surface area contributed by atoms with Crippen molar-refractivity contribution in [1.82, 2.24) is 19.1 Å². The van der Waals surface area contributed by atoms with Crippen LogP contribution < -0.4 is 0 Å². The van der Waals surface area contributed by atoms with Gasteiger partial charge in [0.25, 0.3) is 0 Å². The van der Waals surface area contributed by atoms with E-state index in [9.17, 15) is 0 Å². The number of hydrogen-bond acceptors (Lipinski definition) is 3. The fraction of sp³-hybridized carbons (Fsp3) is 0. The third kappa shape index (κ3) is 4.67. The maximum atomic E-state index is 6.54. The molecule has 0 bridgehead atoms. The molecule has 0 aliphatic rings. The first-order valence-electron chi connectivity index (χ1n) is 20.0. The van der Waals surface area contributed by atoms with Gasteiger partial charge in [-0.1, -0.05) is 146 Å². The van der Waals surface area contributed by atoms with Crippen molar-refractivity contribution in [3.05, 3.63) is 194 Å². The Morgan fingerprint density at radius 2 is 1.05 bits per heavy atom. The molecule has 274 valence electrons. The Kier molecular flexibility index (Phi) is 6.66. The van der Waals surface area contributed by atoms with Crippen molar-refractivity contribution < 1.29 is 4.42 Å². The summed E-state index contributed by atoms with van der Waals surface area (Å²) < 4.78 is 11.3. The first-order chi connectivity index (χ1) is 29.3. The summed E-state index contributed by atoms with van der Waals surface area (Å²) in [5.74, 6) is 0.631. The van der Waals surface area contributed by atoms with E-state index in [1.807, 2.05) is 6.07 Å². The van der Waals surface area contributed by atoms with Crippen molar-refractivity contribution in [3.63, 3.8) is 0 Å². The zero-order chi connectivity index (χ0) is 38.6. The number of para-hydroxylation sites is 3. The molecule has 0 saturated carbocycles. The fourth-order valence-corrected chi connectivity index (χ4v) is 9.48. The van der Waals surface area contributed by atoms with Crippen LogP contribution in [0, 0.1) is 0 Å². The van der Waals surface area contributed by atoms with Crippen molar-refractivity contribution in [2.24, 2.45) is 0 Å². The van der Waals surface area contributed by atoms with Gasteiger partial charge in [0, 0.05) is 43.6 Å². The lowest BCUT2D eigenvalue weighted by molar-refractivity contribution is 0.669. The largest absolute Gasteiger partial charge is 0.456 e. The Hall–Kier alpha value is -8.02. The molecule has 0 fully saturated rings. The van der Waals surface area contributed by atoms with Crippen LogP contribution in [-0.2, 0) is 0 Å². The zero-order valence-electron chi connectivity index (χ0n) is 31.7. The second-order valence-electron chi connectivity index (χ2n) is 15.3. The van der Waals surface area contributed by atoms with E-state index in [1.54, 1.807) is 0 Å². The molecule has 0 amide bonds. The smallest absolute Gasteiger partial charge is 0.235 e. The van der Waals surface area contributed by atoms with Crippen LogP contribution in [-0.4, -0.2) is 19.1 Å². The molecule has 59 heavy (non-hydrogen) atoms. The highest BCUT2D eigenvalue weighted by Gasteiger charge is 2.25. The summed E-state index contributed by atoms with van der Waals surface area (Å²) in [6, 6.07) is 68.9. The molecule has 4 aromatic heterocycles. The maximum Gasteiger partial charge on any atom is 0.235 e. The van der Waals surface area contributed by atoms with Crippen LogP contribution in [0.1, 0.15) is 0 Å². The highest BCUT2D eigenvalue weighted by atomic mass is 16.3. The highest BCUT2D eigenvalue weighted by molar-refractivity contribution is 6.31. The molecule has 0 spiro atoms. The lowest BCUT2D eigenvalue weighted by Crippen LogP contribution is -2.03. The zero-order valence-corrected chi connectivity index (χ0v) is 31.7. The third-order valence-corrected chi connectivity index (χ3v) is 12.1. The predicted molar refractivity (Wildman–Crippen MR) is 244 cm³/mol. The third-order valence-electron chi connectivity index (χ3n) is 12.1. The van der Waals surface area contributed by atoms with E-state index in [0.29, 0.717) is 5.95 Å². The van der Waals surface area contributed by atoms with Gasteiger partial charge >= 0.3 is 0 Å². The van der Waals surface area contributed by atoms with E-state index in [4.69, 9.17) is 14.4 Å². The average molecular weight is 753 g/mol. The molecule has 0 atom stereocenters. The Bertz CT molecular complexity index is 3830. The second kappa shape index (κ2) is 12.2. The summed E-state index contributed by atoms with van der Waals surface area (Å²) in [5, 5.41) is 10.2. The number of furan rings is 1. The molecule has 0 aliphatic carbocycles. The molecule has 0 aliphatic heterocycles. The van der Waals surface area contributed by atoms with Gasteiger partial charge in [-0.3, -0.25) is 4.57 Å². The fourth-order valence-electron chi connectivity index (χ4n) is 9.48. The van der Waals surface area contributed by atoms with Gasteiger partial charge in [0.1, 0.15) is 11.2 Å². The molecule has 13 aromatic rings. The van der Waals surface area contributed by atoms with Crippen LogP contribution in [0.25, 0.3) is 121 Å². The number of aromatic nitrogens is 4. The topological polar surface area (TPSA) is 48.8 Å². The number of benzene rings is 9. The lowest BCUT2D eigenvalue weighted by atomic mass is 10.0. The normalized spacial score (nSPS) is 12.1. The van der Waals surface area contributed by atoms with E-state index in [0.717, 1.165) is 93.4 Å². The highest BCUT2D eigenvalue weighted by Crippen LogP contribution is 2.46. The minimum atomic E-state index is 0.631. The predicted octanol–water partition coefficient (Wildman–Crippen LogP) is 14.2. The first kappa shape index (κ1) is 32.1. The summed E-state index contributed by atoms with van der Waals surface area (Å²) in [5.41, 5.74) is 12.3. The van der Waals surface area contributed by atoms with Crippen molar-refractivity contribution in [1.29, 1.82) is 0 Å². The van der Waals surface area contributed by atoms with E-state index in [2.05, 4.69) is 197 Å². The van der Waals surface area contributed by atoms with Crippen LogP contribution in [0.15, 0.2) is 199 Å². The number of rotatable bonds is 4. The Morgan fingerprint density at radius 3 is 1.93 bits per heavy atom. The molecule has 13 rings (SSSR count). The van der Waals surface area contributed by atoms with Gasteiger partial charge in [-0.15, -0.1) is 0 Å². The van der Waals surface area contributed by atoms with Gasteiger partial charge in [0.15, 0.2) is 0 Å². The molecule has 4 heterocycles. The van der Waals surface area contributed by atoms with Crippen LogP contribution in [0.3, 0.4) is 0 Å². The van der Waals surface area contributed by atoms with Crippen LogP contribution in [0.2, 0.25) is 0 Å². The van der Waals surface area contributed by atoms with Crippen LogP contribution >= 0.6 is 0 Å². The standard InChI is InChI=1S/C54H32N4O/c1-2-12-33(13-3-1)35-22-24-36(25-23-35)51-41-17-6-9-19-44(41)55-54(56-51)58-45-20-10-7-16-39(45)40-28-30-46-49(52(40)58)43-29-31-48-50(42-18-8-11-21-47(42)59-48)53(43)57(46)38-27-26-34-14-4-5-15-37(34)32-38/h1-32H. The molecule has 0 unspecified atom stereocenters. The number of hydrogen-bond donors (Lipinski definition) is 0. The van der Waals surface area contributed by atoms with Gasteiger partial charge in [-0.25, -0.2) is 9.97 Å². The van der Waals surface area contributed by atoms with Gasteiger partial charge in [0.05, 0.1) is 38.7 Å². The Balaban J connectivity index is 1.16. The molecule has 5 nitrogen and oxygen atoms in total. The molecular formula is C54H32N4O. The summed E-state index contributed by atoms with van der Waals surface area (Å²) in [4.78, 5) is 10.9. The summed E-state index contributed by atoms with van der Waals surface area (Å²) in [6.07, 6.45) is 0. The number of fused-ring (bicyclic) bond motifs is 13. The van der Waals surface area contributed by atoms with Crippen molar-refractivity contribution in [3.8, 4) is 34.0 Å². The van der Waals surface area contributed by atoms with Crippen molar-refractivity contribution in [2.75, 3.05) is 0 Å². The van der Waals surface area contributed by atoms with Crippen molar-refractivity contribution in [2.45, 2.75) is 0 Å². The summed E-state index contributed by atoms with van der Waals surface area (Å²) in [7, 11) is 0. The number of nitrogens with zero attached hydrogens (tertiary/aromatic N) is 4. The lowest BCUT2D eigenvalue weighted by Gasteiger charge is -2.13. The van der Waals surface area contributed by atoms with E-state index in [-0.39, 0.29) is 0 Å². The maximum absolute atomic E-state index is 6.54. The van der Waals surface area contributed by atoms with E-state index in [1.165, 1.54) is 21.9 Å². The molecule has 0 N–H and O–H groups in total. The van der Waals surface area contributed by atoms with Crippen molar-refractivity contribution >= 4 is 87.2 Å². The van der Waals surface area contributed by atoms with Gasteiger partial charge in [-0.2, -0.15) is 0 Å². The quantitative estimate of drug-likeness (QED) is 0.180. The van der Waals surface area contributed by atoms with Gasteiger partial charge < -0.3 is 8.98 Å². The van der Waals surface area contributed by atoms with E-state index >= 15 is 0 Å². The minimum Gasteiger partial charge on any atom is -0.456 e. The molecule has 5 heteroatoms. The molecule has 0 saturated heterocycles. The monoisotopic (exact) mass is 752 g/mol. The summed E-state index contributed by atoms with van der Waals surface area (Å²) >= 11 is 0. The SMILES string of the molecule is c1ccc(-c2ccc(-c3nc(-n4c5ccccc5c5ccc6c(c7ccc8oc9ccccc9c8c7n6-c6ccc7ccccc7c6)c54)nc4ccccc34)cc2)cc1. The Morgan fingerprint density at radius 1 is 0.373 bits per heavy atom. The minimum absolute atomic E-state index is 0.631. The molecule has 0 radical (unpaired) electrons. The van der Waals surface area contributed by atoms with Crippen LogP contribution in [0.5, 0.6) is 0 Å². The Labute approximate surface area is 337 Å². The van der Waals surface area contributed by atoms with Gasteiger partial charge in [-0.05, 0) is 70.4 Å². The average Bonchev–Trinajstić information content (AvgIpc) is 3.96. The second-order valence-corrected chi connectivity index (χ2v) is 15.3.